The van der Waals surface area contributed by atoms with Crippen LogP contribution < -0.4 is 0 Å². The van der Waals surface area contributed by atoms with Crippen molar-refractivity contribution >= 4 is 20.9 Å². The van der Waals surface area contributed by atoms with E-state index in [4.69, 9.17) is 9.15 Å². The molecule has 3 aromatic rings. The van der Waals surface area contributed by atoms with E-state index in [0.29, 0.717) is 23.7 Å². The van der Waals surface area contributed by atoms with Gasteiger partial charge in [-0.3, -0.25) is 4.98 Å². The van der Waals surface area contributed by atoms with E-state index in [2.05, 4.69) is 15.2 Å². The number of nitrogens with zero attached hydrogens (tertiary/aromatic N) is 4. The van der Waals surface area contributed by atoms with Crippen LogP contribution in [0.1, 0.15) is 30.4 Å². The molecule has 1 aliphatic rings. The second-order valence-corrected chi connectivity index (χ2v) is 8.36. The van der Waals surface area contributed by atoms with E-state index in [1.165, 1.54) is 4.31 Å². The van der Waals surface area contributed by atoms with Crippen molar-refractivity contribution in [3.63, 3.8) is 0 Å². The number of para-hydroxylation sites is 1. The van der Waals surface area contributed by atoms with Gasteiger partial charge in [-0.05, 0) is 24.6 Å². The minimum atomic E-state index is -3.74. The van der Waals surface area contributed by atoms with Gasteiger partial charge in [0.05, 0.1) is 12.1 Å². The highest BCUT2D eigenvalue weighted by molar-refractivity contribution is 7.89. The SMILES string of the molecule is CCc1nnc(C2CN(S(=O)(=O)c3cccc4cc(C)cnc34)CCO2)o1. The lowest BCUT2D eigenvalue weighted by molar-refractivity contribution is -0.0177. The molecule has 27 heavy (non-hydrogen) atoms. The van der Waals surface area contributed by atoms with Crippen LogP contribution >= 0.6 is 0 Å². The fourth-order valence-corrected chi connectivity index (χ4v) is 4.71. The number of aryl methyl sites for hydroxylation is 2. The molecule has 0 bridgehead atoms. The number of rotatable bonds is 4. The molecule has 1 saturated heterocycles. The molecule has 4 rings (SSSR count). The summed E-state index contributed by atoms with van der Waals surface area (Å²) in [6, 6.07) is 7.11. The van der Waals surface area contributed by atoms with E-state index in [1.54, 1.807) is 18.3 Å². The first-order chi connectivity index (χ1) is 13.0. The molecule has 0 amide bonds. The highest BCUT2D eigenvalue weighted by atomic mass is 32.2. The summed E-state index contributed by atoms with van der Waals surface area (Å²) in [6.45, 7) is 4.47. The van der Waals surface area contributed by atoms with Gasteiger partial charge in [-0.2, -0.15) is 4.31 Å². The lowest BCUT2D eigenvalue weighted by Crippen LogP contribution is -2.42. The third kappa shape index (κ3) is 3.33. The summed E-state index contributed by atoms with van der Waals surface area (Å²) in [7, 11) is -3.74. The lowest BCUT2D eigenvalue weighted by atomic mass is 10.2. The zero-order valence-electron chi connectivity index (χ0n) is 15.1. The summed E-state index contributed by atoms with van der Waals surface area (Å²) in [5, 5.41) is 8.71. The minimum Gasteiger partial charge on any atom is -0.422 e. The van der Waals surface area contributed by atoms with Crippen molar-refractivity contribution < 1.29 is 17.6 Å². The number of morpholine rings is 1. The van der Waals surface area contributed by atoms with E-state index in [9.17, 15) is 8.42 Å². The van der Waals surface area contributed by atoms with Crippen LogP contribution in [-0.4, -0.2) is 47.6 Å². The van der Waals surface area contributed by atoms with Gasteiger partial charge in [0.2, 0.25) is 21.8 Å². The van der Waals surface area contributed by atoms with Crippen LogP contribution in [0.25, 0.3) is 10.9 Å². The van der Waals surface area contributed by atoms with Gasteiger partial charge in [0.25, 0.3) is 0 Å². The molecule has 1 aliphatic heterocycles. The first-order valence-corrected chi connectivity index (χ1v) is 10.2. The molecule has 0 spiro atoms. The topological polar surface area (TPSA) is 98.4 Å². The molecule has 0 N–H and O–H groups in total. The van der Waals surface area contributed by atoms with Gasteiger partial charge in [-0.15, -0.1) is 10.2 Å². The number of aromatic nitrogens is 3. The summed E-state index contributed by atoms with van der Waals surface area (Å²) >= 11 is 0. The normalized spacial score (nSPS) is 18.8. The number of hydrogen-bond donors (Lipinski definition) is 0. The van der Waals surface area contributed by atoms with Crippen LogP contribution in [-0.2, 0) is 21.2 Å². The predicted molar refractivity (Wildman–Crippen MR) is 97.6 cm³/mol. The standard InChI is InChI=1S/C18H20N4O4S/c1-3-16-20-21-18(26-16)14-11-22(7-8-25-14)27(23,24)15-6-4-5-13-9-12(2)10-19-17(13)15/h4-6,9-10,14H,3,7-8,11H2,1-2H3. The molecule has 1 fully saturated rings. The zero-order chi connectivity index (χ0) is 19.0. The van der Waals surface area contributed by atoms with Gasteiger partial charge in [0.15, 0.2) is 0 Å². The number of sulfonamides is 1. The summed E-state index contributed by atoms with van der Waals surface area (Å²) in [6.07, 6.45) is 1.71. The second kappa shape index (κ2) is 6.99. The first-order valence-electron chi connectivity index (χ1n) is 8.78. The Bertz CT molecular complexity index is 1080. The van der Waals surface area contributed by atoms with Crippen LogP contribution in [0.2, 0.25) is 0 Å². The van der Waals surface area contributed by atoms with Gasteiger partial charge >= 0.3 is 0 Å². The molecule has 1 atom stereocenters. The molecule has 2 aromatic heterocycles. The summed E-state index contributed by atoms with van der Waals surface area (Å²) < 4.78 is 39.2. The largest absolute Gasteiger partial charge is 0.422 e. The molecule has 0 radical (unpaired) electrons. The highest BCUT2D eigenvalue weighted by Crippen LogP contribution is 2.29. The van der Waals surface area contributed by atoms with Gasteiger partial charge in [-0.25, -0.2) is 8.42 Å². The summed E-state index contributed by atoms with van der Waals surface area (Å²) in [4.78, 5) is 4.55. The monoisotopic (exact) mass is 388 g/mol. The van der Waals surface area contributed by atoms with Gasteiger partial charge in [0, 0.05) is 31.1 Å². The van der Waals surface area contributed by atoms with Crippen molar-refractivity contribution in [2.24, 2.45) is 0 Å². The Morgan fingerprint density at radius 2 is 2.15 bits per heavy atom. The minimum absolute atomic E-state index is 0.121. The van der Waals surface area contributed by atoms with Gasteiger partial charge < -0.3 is 9.15 Å². The summed E-state index contributed by atoms with van der Waals surface area (Å²) in [5.41, 5.74) is 1.45. The lowest BCUT2D eigenvalue weighted by Gasteiger charge is -2.30. The molecule has 0 saturated carbocycles. The van der Waals surface area contributed by atoms with Crippen molar-refractivity contribution in [2.75, 3.05) is 19.7 Å². The fourth-order valence-electron chi connectivity index (χ4n) is 3.12. The van der Waals surface area contributed by atoms with Crippen LogP contribution in [0.15, 0.2) is 39.8 Å². The third-order valence-electron chi connectivity index (χ3n) is 4.52. The molecule has 1 aromatic carbocycles. The van der Waals surface area contributed by atoms with E-state index in [-0.39, 0.29) is 24.6 Å². The van der Waals surface area contributed by atoms with Gasteiger partial charge in [-0.1, -0.05) is 19.1 Å². The van der Waals surface area contributed by atoms with Crippen LogP contribution in [0.5, 0.6) is 0 Å². The molecule has 8 nitrogen and oxygen atoms in total. The predicted octanol–water partition coefficient (Wildman–Crippen LogP) is 2.25. The average Bonchev–Trinajstić information content (AvgIpc) is 3.16. The Morgan fingerprint density at radius 3 is 2.93 bits per heavy atom. The molecular weight excluding hydrogens is 368 g/mol. The smallest absolute Gasteiger partial charge is 0.246 e. The Labute approximate surface area is 157 Å². The number of benzene rings is 1. The molecule has 3 heterocycles. The number of fused-ring (bicyclic) bond motifs is 1. The number of ether oxygens (including phenoxy) is 1. The Hall–Kier alpha value is -2.36. The molecule has 9 heteroatoms. The van der Waals surface area contributed by atoms with Crippen molar-refractivity contribution in [3.8, 4) is 0 Å². The third-order valence-corrected chi connectivity index (χ3v) is 6.41. The van der Waals surface area contributed by atoms with E-state index in [0.717, 1.165) is 10.9 Å². The number of hydrogen-bond acceptors (Lipinski definition) is 7. The van der Waals surface area contributed by atoms with Crippen molar-refractivity contribution in [1.82, 2.24) is 19.5 Å². The van der Waals surface area contributed by atoms with E-state index in [1.807, 2.05) is 26.0 Å². The maximum absolute atomic E-state index is 13.3. The molecule has 0 aliphatic carbocycles. The van der Waals surface area contributed by atoms with Crippen molar-refractivity contribution in [3.05, 3.63) is 47.8 Å². The summed E-state index contributed by atoms with van der Waals surface area (Å²) in [5.74, 6) is 0.806. The van der Waals surface area contributed by atoms with Crippen LogP contribution in [0.3, 0.4) is 0 Å². The maximum Gasteiger partial charge on any atom is 0.246 e. The van der Waals surface area contributed by atoms with Crippen molar-refractivity contribution in [1.29, 1.82) is 0 Å². The Morgan fingerprint density at radius 1 is 1.30 bits per heavy atom. The quantitative estimate of drug-likeness (QED) is 0.676. The zero-order valence-corrected chi connectivity index (χ0v) is 15.9. The maximum atomic E-state index is 13.3. The van der Waals surface area contributed by atoms with E-state index >= 15 is 0 Å². The molecule has 142 valence electrons. The molecule has 1 unspecified atom stereocenters. The Balaban J connectivity index is 1.67. The second-order valence-electron chi connectivity index (χ2n) is 6.45. The Kier molecular flexibility index (Phi) is 4.67. The van der Waals surface area contributed by atoms with Crippen molar-refractivity contribution in [2.45, 2.75) is 31.3 Å². The first kappa shape index (κ1) is 18.0. The molecular formula is C18H20N4O4S. The van der Waals surface area contributed by atoms with Gasteiger partial charge in [0.1, 0.15) is 11.0 Å². The van der Waals surface area contributed by atoms with E-state index < -0.39 is 16.1 Å². The van der Waals surface area contributed by atoms with Crippen LogP contribution in [0, 0.1) is 6.92 Å². The average molecular weight is 388 g/mol. The fraction of sp³-hybridized carbons (Fsp3) is 0.389. The van der Waals surface area contributed by atoms with Crippen LogP contribution in [0.4, 0.5) is 0 Å². The number of pyridine rings is 1. The highest BCUT2D eigenvalue weighted by Gasteiger charge is 2.35.